The molecular weight excluding hydrogens is 604 g/mol. The van der Waals surface area contributed by atoms with Gasteiger partial charge in [0.25, 0.3) is 0 Å². The van der Waals surface area contributed by atoms with Gasteiger partial charge in [0.15, 0.2) is 0 Å². The Bertz CT molecular complexity index is 1220. The number of hydrogen-bond acceptors (Lipinski definition) is 5. The highest BCUT2D eigenvalue weighted by atomic mass is 127. The van der Waals surface area contributed by atoms with Crippen LogP contribution < -0.4 is 0 Å². The van der Waals surface area contributed by atoms with E-state index in [-0.39, 0.29) is 0 Å². The summed E-state index contributed by atoms with van der Waals surface area (Å²) in [5.41, 5.74) is 4.85. The van der Waals surface area contributed by atoms with Crippen LogP contribution >= 0.6 is 45.2 Å². The van der Waals surface area contributed by atoms with Gasteiger partial charge in [-0.2, -0.15) is 0 Å². The van der Waals surface area contributed by atoms with Crippen LogP contribution in [0.4, 0.5) is 0 Å². The van der Waals surface area contributed by atoms with Crippen LogP contribution in [0.25, 0.3) is 45.7 Å². The summed E-state index contributed by atoms with van der Waals surface area (Å²) in [5.74, 6) is 0.927. The minimum absolute atomic E-state index is 0.464. The molecule has 0 aliphatic heterocycles. The summed E-state index contributed by atoms with van der Waals surface area (Å²) >= 11 is 4.49. The molecule has 146 valence electrons. The van der Waals surface area contributed by atoms with Gasteiger partial charge in [0.1, 0.15) is 35.3 Å². The summed E-state index contributed by atoms with van der Waals surface area (Å²) in [6, 6.07) is 21.9. The number of rotatable bonds is 4. The number of hydrogen-bond donors (Lipinski definition) is 0. The zero-order valence-corrected chi connectivity index (χ0v) is 19.7. The quantitative estimate of drug-likeness (QED) is 0.205. The van der Waals surface area contributed by atoms with E-state index in [2.05, 4.69) is 55.1 Å². The summed E-state index contributed by atoms with van der Waals surface area (Å²) in [4.78, 5) is 14.1. The van der Waals surface area contributed by atoms with Crippen molar-refractivity contribution in [3.63, 3.8) is 0 Å². The first kappa shape index (κ1) is 19.4. The lowest BCUT2D eigenvalue weighted by molar-refractivity contribution is 0.567. The van der Waals surface area contributed by atoms with Crippen molar-refractivity contribution >= 4 is 45.2 Å². The second-order valence-corrected chi connectivity index (χ2v) is 8.78. The van der Waals surface area contributed by atoms with E-state index in [1.165, 1.54) is 0 Å². The first-order valence-corrected chi connectivity index (χ1v) is 11.2. The van der Waals surface area contributed by atoms with Crippen LogP contribution in [0.15, 0.2) is 88.1 Å². The summed E-state index contributed by atoms with van der Waals surface area (Å²) in [6.45, 7) is 0. The van der Waals surface area contributed by atoms with E-state index < -0.39 is 0 Å². The Hall–Kier alpha value is -2.53. The molecule has 30 heavy (non-hydrogen) atoms. The van der Waals surface area contributed by atoms with E-state index in [0.29, 0.717) is 23.2 Å². The highest BCUT2D eigenvalue weighted by Gasteiger charge is 2.20. The lowest BCUT2D eigenvalue weighted by Gasteiger charge is -2.04. The van der Waals surface area contributed by atoms with Crippen LogP contribution in [-0.2, 0) is 0 Å². The van der Waals surface area contributed by atoms with E-state index in [1.54, 1.807) is 12.5 Å². The van der Waals surface area contributed by atoms with Crippen molar-refractivity contribution in [2.24, 2.45) is 0 Å². The fraction of sp³-hybridized carbons (Fsp3) is 0. The van der Waals surface area contributed by atoms with Gasteiger partial charge >= 0.3 is 0 Å². The molecular formula is C23H13I2N3O2. The normalized spacial score (nSPS) is 11.0. The van der Waals surface area contributed by atoms with Crippen molar-refractivity contribution < 1.29 is 8.83 Å². The topological polar surface area (TPSA) is 65.0 Å². The molecule has 0 fully saturated rings. The molecule has 7 heteroatoms. The van der Waals surface area contributed by atoms with Crippen molar-refractivity contribution in [2.75, 3.05) is 0 Å². The van der Waals surface area contributed by atoms with Gasteiger partial charge in [0, 0.05) is 18.3 Å². The molecule has 0 amide bonds. The number of halogens is 2. The Kier molecular flexibility index (Phi) is 5.38. The zero-order chi connectivity index (χ0) is 20.5. The molecule has 0 unspecified atom stereocenters. The predicted octanol–water partition coefficient (Wildman–Crippen LogP) is 6.93. The number of aromatic nitrogens is 3. The van der Waals surface area contributed by atoms with Crippen molar-refractivity contribution in [2.45, 2.75) is 0 Å². The lowest BCUT2D eigenvalue weighted by Crippen LogP contribution is -1.96. The van der Waals surface area contributed by atoms with Gasteiger partial charge in [-0.25, -0.2) is 15.0 Å². The summed E-state index contributed by atoms with van der Waals surface area (Å²) in [7, 11) is 0. The minimum Gasteiger partial charge on any atom is -0.443 e. The molecule has 3 aromatic heterocycles. The van der Waals surface area contributed by atoms with E-state index in [0.717, 1.165) is 29.7 Å². The SMILES string of the molecule is Ic1cc(I)c(-c2nc(-c3ccccc3)co2)nc1-c1nc(-c2ccccc2)co1. The van der Waals surface area contributed by atoms with E-state index in [9.17, 15) is 0 Å². The Morgan fingerprint density at radius 2 is 1.00 bits per heavy atom. The molecule has 0 aliphatic rings. The fourth-order valence-corrected chi connectivity index (χ4v) is 4.94. The molecule has 0 N–H and O–H groups in total. The number of pyridine rings is 1. The molecule has 0 atom stereocenters. The molecule has 5 aromatic rings. The molecule has 0 aliphatic carbocycles. The predicted molar refractivity (Wildman–Crippen MR) is 132 cm³/mol. The van der Waals surface area contributed by atoms with Crippen LogP contribution in [0.2, 0.25) is 0 Å². The molecule has 5 nitrogen and oxygen atoms in total. The van der Waals surface area contributed by atoms with Gasteiger partial charge in [0.05, 0.1) is 0 Å². The molecule has 0 spiro atoms. The summed E-state index contributed by atoms with van der Waals surface area (Å²) < 4.78 is 13.4. The highest BCUT2D eigenvalue weighted by molar-refractivity contribution is 14.1. The maximum atomic E-state index is 5.76. The minimum atomic E-state index is 0.464. The zero-order valence-electron chi connectivity index (χ0n) is 15.4. The van der Waals surface area contributed by atoms with Crippen LogP contribution in [0.1, 0.15) is 0 Å². The Balaban J connectivity index is 1.54. The first-order chi connectivity index (χ1) is 14.7. The maximum absolute atomic E-state index is 5.76. The van der Waals surface area contributed by atoms with Crippen LogP contribution in [0.5, 0.6) is 0 Å². The van der Waals surface area contributed by atoms with Gasteiger partial charge in [-0.15, -0.1) is 0 Å². The van der Waals surface area contributed by atoms with Crippen molar-refractivity contribution in [3.8, 4) is 45.7 Å². The third kappa shape index (κ3) is 3.79. The molecule has 0 saturated carbocycles. The van der Waals surface area contributed by atoms with Gasteiger partial charge < -0.3 is 8.83 Å². The molecule has 0 saturated heterocycles. The molecule has 2 aromatic carbocycles. The third-order valence-corrected chi connectivity index (χ3v) is 6.13. The smallest absolute Gasteiger partial charge is 0.246 e. The van der Waals surface area contributed by atoms with E-state index in [1.807, 2.05) is 66.7 Å². The summed E-state index contributed by atoms with van der Waals surface area (Å²) in [5, 5.41) is 0. The molecule has 0 radical (unpaired) electrons. The molecule has 0 bridgehead atoms. The standard InChI is InChI=1S/C23H13I2N3O2/c24-16-11-17(25)21(23-27-19(13-30-23)15-9-5-2-6-10-15)28-20(16)22-26-18(12-29-22)14-7-3-1-4-8-14/h1-13H. The molecule has 3 heterocycles. The van der Waals surface area contributed by atoms with Crippen LogP contribution in [-0.4, -0.2) is 15.0 Å². The number of benzene rings is 2. The molecule has 5 rings (SSSR count). The number of oxazole rings is 2. The second-order valence-electron chi connectivity index (χ2n) is 6.46. The first-order valence-electron chi connectivity index (χ1n) is 9.08. The maximum Gasteiger partial charge on any atom is 0.246 e. The summed E-state index contributed by atoms with van der Waals surface area (Å²) in [6.07, 6.45) is 3.30. The van der Waals surface area contributed by atoms with Gasteiger partial charge in [-0.3, -0.25) is 0 Å². The Morgan fingerprint density at radius 1 is 0.567 bits per heavy atom. The fourth-order valence-electron chi connectivity index (χ4n) is 3.01. The Morgan fingerprint density at radius 3 is 1.43 bits per heavy atom. The van der Waals surface area contributed by atoms with Crippen LogP contribution in [0, 0.1) is 7.14 Å². The Labute approximate surface area is 199 Å². The van der Waals surface area contributed by atoms with Crippen molar-refractivity contribution in [1.29, 1.82) is 0 Å². The average molecular weight is 617 g/mol. The van der Waals surface area contributed by atoms with Gasteiger partial charge in [0.2, 0.25) is 11.8 Å². The monoisotopic (exact) mass is 617 g/mol. The van der Waals surface area contributed by atoms with Crippen molar-refractivity contribution in [3.05, 3.63) is 86.4 Å². The van der Waals surface area contributed by atoms with Crippen LogP contribution in [0.3, 0.4) is 0 Å². The average Bonchev–Trinajstić information content (AvgIpc) is 3.46. The third-order valence-electron chi connectivity index (χ3n) is 4.48. The highest BCUT2D eigenvalue weighted by Crippen LogP contribution is 2.33. The van der Waals surface area contributed by atoms with E-state index in [4.69, 9.17) is 13.8 Å². The van der Waals surface area contributed by atoms with Gasteiger partial charge in [-0.1, -0.05) is 60.7 Å². The van der Waals surface area contributed by atoms with Gasteiger partial charge in [-0.05, 0) is 51.2 Å². The lowest BCUT2D eigenvalue weighted by atomic mass is 10.2. The van der Waals surface area contributed by atoms with Crippen molar-refractivity contribution in [1.82, 2.24) is 15.0 Å². The largest absolute Gasteiger partial charge is 0.443 e. The van der Waals surface area contributed by atoms with E-state index >= 15 is 0 Å². The number of nitrogens with zero attached hydrogens (tertiary/aromatic N) is 3. The second kappa shape index (κ2) is 8.31.